The Morgan fingerprint density at radius 1 is 1.10 bits per heavy atom. The predicted octanol–water partition coefficient (Wildman–Crippen LogP) is 2.87. The monoisotopic (exact) mass is 148 g/mol. The van der Waals surface area contributed by atoms with Crippen LogP contribution in [0.1, 0.15) is 32.6 Å². The first-order valence-electron chi connectivity index (χ1n) is 4.00. The van der Waals surface area contributed by atoms with E-state index in [1.54, 1.807) is 6.92 Å². The number of hydrogen-bond acceptors (Lipinski definition) is 0. The van der Waals surface area contributed by atoms with E-state index in [1.165, 1.54) is 0 Å². The molecule has 0 aromatic carbocycles. The van der Waals surface area contributed by atoms with Crippen molar-refractivity contribution >= 4 is 0 Å². The molecule has 1 aliphatic carbocycles. The molecule has 1 rings (SSSR count). The minimum Gasteiger partial charge on any atom is -0.244 e. The highest BCUT2D eigenvalue weighted by Crippen LogP contribution is 2.27. The van der Waals surface area contributed by atoms with Gasteiger partial charge in [0, 0.05) is 0 Å². The fraction of sp³-hybridized carbons (Fsp3) is 1.00. The lowest BCUT2D eigenvalue weighted by Gasteiger charge is -2.14. The molecule has 1 aliphatic rings. The molecule has 2 heteroatoms. The molecule has 3 atom stereocenters. The van der Waals surface area contributed by atoms with Crippen molar-refractivity contribution in [2.24, 2.45) is 5.92 Å². The zero-order chi connectivity index (χ0) is 7.56. The van der Waals surface area contributed by atoms with Gasteiger partial charge in [0.15, 0.2) is 0 Å². The SMILES string of the molecule is CC1CCCCC(F)C1F. The highest BCUT2D eigenvalue weighted by molar-refractivity contribution is 4.77. The van der Waals surface area contributed by atoms with Crippen molar-refractivity contribution in [1.29, 1.82) is 0 Å². The molecule has 1 fully saturated rings. The summed E-state index contributed by atoms with van der Waals surface area (Å²) in [5.74, 6) is -0.0718. The maximum absolute atomic E-state index is 12.9. The molecule has 0 aromatic rings. The van der Waals surface area contributed by atoms with E-state index >= 15 is 0 Å². The van der Waals surface area contributed by atoms with Crippen molar-refractivity contribution in [2.45, 2.75) is 45.0 Å². The summed E-state index contributed by atoms with van der Waals surface area (Å²) in [6.45, 7) is 1.79. The molecule has 60 valence electrons. The Morgan fingerprint density at radius 3 is 2.40 bits per heavy atom. The number of hydrogen-bond donors (Lipinski definition) is 0. The van der Waals surface area contributed by atoms with Gasteiger partial charge in [0.25, 0.3) is 0 Å². The normalized spacial score (nSPS) is 42.9. The van der Waals surface area contributed by atoms with E-state index in [-0.39, 0.29) is 5.92 Å². The third kappa shape index (κ3) is 1.68. The maximum Gasteiger partial charge on any atom is 0.134 e. The van der Waals surface area contributed by atoms with Gasteiger partial charge in [-0.3, -0.25) is 0 Å². The van der Waals surface area contributed by atoms with E-state index < -0.39 is 12.3 Å². The van der Waals surface area contributed by atoms with Crippen molar-refractivity contribution in [3.63, 3.8) is 0 Å². The molecule has 0 amide bonds. The van der Waals surface area contributed by atoms with Gasteiger partial charge in [-0.05, 0) is 18.8 Å². The van der Waals surface area contributed by atoms with Crippen LogP contribution in [0.5, 0.6) is 0 Å². The molecular formula is C8H14F2. The summed E-state index contributed by atoms with van der Waals surface area (Å²) in [4.78, 5) is 0. The quantitative estimate of drug-likeness (QED) is 0.463. The second-order valence-corrected chi connectivity index (χ2v) is 3.22. The first-order valence-corrected chi connectivity index (χ1v) is 4.00. The van der Waals surface area contributed by atoms with Crippen LogP contribution >= 0.6 is 0 Å². The fourth-order valence-corrected chi connectivity index (χ4v) is 1.48. The summed E-state index contributed by atoms with van der Waals surface area (Å²) in [7, 11) is 0. The Morgan fingerprint density at radius 2 is 1.70 bits per heavy atom. The Bertz CT molecular complexity index is 91.4. The van der Waals surface area contributed by atoms with E-state index in [0.717, 1.165) is 19.3 Å². The summed E-state index contributed by atoms with van der Waals surface area (Å²) >= 11 is 0. The van der Waals surface area contributed by atoms with Crippen LogP contribution in [0.25, 0.3) is 0 Å². The summed E-state index contributed by atoms with van der Waals surface area (Å²) < 4.78 is 25.6. The number of alkyl halides is 2. The third-order valence-electron chi connectivity index (χ3n) is 2.28. The van der Waals surface area contributed by atoms with Gasteiger partial charge in [-0.2, -0.15) is 0 Å². The van der Waals surface area contributed by atoms with E-state index in [0.29, 0.717) is 6.42 Å². The fourth-order valence-electron chi connectivity index (χ4n) is 1.48. The van der Waals surface area contributed by atoms with Gasteiger partial charge in [-0.1, -0.05) is 19.8 Å². The zero-order valence-corrected chi connectivity index (χ0v) is 6.32. The summed E-state index contributed by atoms with van der Waals surface area (Å²) in [5, 5.41) is 0. The van der Waals surface area contributed by atoms with Gasteiger partial charge in [0.2, 0.25) is 0 Å². The lowest BCUT2D eigenvalue weighted by Crippen LogP contribution is -2.22. The van der Waals surface area contributed by atoms with Gasteiger partial charge >= 0.3 is 0 Å². The van der Waals surface area contributed by atoms with Crippen LogP contribution in [0.2, 0.25) is 0 Å². The topological polar surface area (TPSA) is 0 Å². The van der Waals surface area contributed by atoms with Crippen LogP contribution in [0, 0.1) is 5.92 Å². The first-order chi connectivity index (χ1) is 4.72. The lowest BCUT2D eigenvalue weighted by molar-refractivity contribution is 0.120. The van der Waals surface area contributed by atoms with Crippen LogP contribution in [0.15, 0.2) is 0 Å². The van der Waals surface area contributed by atoms with E-state index in [2.05, 4.69) is 0 Å². The average Bonchev–Trinajstić information content (AvgIpc) is 2.04. The number of halogens is 2. The smallest absolute Gasteiger partial charge is 0.134 e. The molecule has 1 saturated carbocycles. The van der Waals surface area contributed by atoms with E-state index in [4.69, 9.17) is 0 Å². The molecule has 10 heavy (non-hydrogen) atoms. The maximum atomic E-state index is 12.9. The second-order valence-electron chi connectivity index (χ2n) is 3.22. The Balaban J connectivity index is 2.46. The van der Waals surface area contributed by atoms with E-state index in [9.17, 15) is 8.78 Å². The largest absolute Gasteiger partial charge is 0.244 e. The molecule has 0 saturated heterocycles. The van der Waals surface area contributed by atoms with Crippen LogP contribution < -0.4 is 0 Å². The van der Waals surface area contributed by atoms with Crippen molar-refractivity contribution in [3.8, 4) is 0 Å². The Kier molecular flexibility index (Phi) is 2.64. The Hall–Kier alpha value is -0.140. The average molecular weight is 148 g/mol. The van der Waals surface area contributed by atoms with Crippen molar-refractivity contribution in [1.82, 2.24) is 0 Å². The first kappa shape index (κ1) is 7.96. The van der Waals surface area contributed by atoms with Gasteiger partial charge < -0.3 is 0 Å². The molecule has 0 aliphatic heterocycles. The molecule has 0 radical (unpaired) electrons. The zero-order valence-electron chi connectivity index (χ0n) is 6.32. The number of rotatable bonds is 0. The minimum atomic E-state index is -1.21. The van der Waals surface area contributed by atoms with Gasteiger partial charge in [-0.25, -0.2) is 8.78 Å². The highest BCUT2D eigenvalue weighted by Gasteiger charge is 2.28. The predicted molar refractivity (Wildman–Crippen MR) is 37.4 cm³/mol. The third-order valence-corrected chi connectivity index (χ3v) is 2.28. The summed E-state index contributed by atoms with van der Waals surface area (Å²) in [6, 6.07) is 0. The lowest BCUT2D eigenvalue weighted by atomic mass is 10.0. The van der Waals surface area contributed by atoms with Crippen molar-refractivity contribution < 1.29 is 8.78 Å². The molecule has 0 aromatic heterocycles. The standard InChI is InChI=1S/C8H14F2/c1-6-4-2-3-5-7(9)8(6)10/h6-8H,2-5H2,1H3. The van der Waals surface area contributed by atoms with Gasteiger partial charge in [-0.15, -0.1) is 0 Å². The molecule has 0 heterocycles. The molecule has 0 bridgehead atoms. The van der Waals surface area contributed by atoms with Gasteiger partial charge in [0.05, 0.1) is 0 Å². The van der Waals surface area contributed by atoms with Crippen molar-refractivity contribution in [2.75, 3.05) is 0 Å². The highest BCUT2D eigenvalue weighted by atomic mass is 19.2. The van der Waals surface area contributed by atoms with E-state index in [1.807, 2.05) is 0 Å². The molecule has 0 nitrogen and oxygen atoms in total. The second kappa shape index (κ2) is 3.31. The molecule has 0 N–H and O–H groups in total. The van der Waals surface area contributed by atoms with Crippen LogP contribution in [0.4, 0.5) is 8.78 Å². The van der Waals surface area contributed by atoms with Crippen LogP contribution in [-0.2, 0) is 0 Å². The molecule has 3 unspecified atom stereocenters. The minimum absolute atomic E-state index is 0.0718. The van der Waals surface area contributed by atoms with Gasteiger partial charge in [0.1, 0.15) is 12.3 Å². The summed E-state index contributed by atoms with van der Waals surface area (Å²) in [6.07, 6.45) is 0.709. The molecule has 0 spiro atoms. The van der Waals surface area contributed by atoms with Crippen LogP contribution in [-0.4, -0.2) is 12.3 Å². The summed E-state index contributed by atoms with van der Waals surface area (Å²) in [5.41, 5.74) is 0. The molecular weight excluding hydrogens is 134 g/mol. The van der Waals surface area contributed by atoms with Crippen molar-refractivity contribution in [3.05, 3.63) is 0 Å². The Labute approximate surface area is 60.6 Å². The van der Waals surface area contributed by atoms with Crippen LogP contribution in [0.3, 0.4) is 0 Å².